The number of hydrogen-bond donors (Lipinski definition) is 0. The van der Waals surface area contributed by atoms with E-state index in [1.165, 1.54) is 71.0 Å². The third kappa shape index (κ3) is 5.89. The molecule has 0 atom stereocenters. The number of rotatable bonds is 8. The minimum Gasteiger partial charge on any atom is -0.303 e. The lowest BCUT2D eigenvalue weighted by molar-refractivity contribution is 0.182. The van der Waals surface area contributed by atoms with E-state index in [4.69, 9.17) is 0 Å². The molecule has 1 rings (SSSR count). The first-order valence-corrected chi connectivity index (χ1v) is 7.38. The van der Waals surface area contributed by atoms with Gasteiger partial charge in [0.1, 0.15) is 0 Å². The van der Waals surface area contributed by atoms with Crippen LogP contribution in [0.3, 0.4) is 0 Å². The molecule has 0 aromatic heterocycles. The van der Waals surface area contributed by atoms with Gasteiger partial charge in [-0.3, -0.25) is 0 Å². The second-order valence-corrected chi connectivity index (χ2v) is 5.34. The summed E-state index contributed by atoms with van der Waals surface area (Å²) in [5.74, 6) is 0.917. The van der Waals surface area contributed by atoms with E-state index in [0.717, 1.165) is 12.3 Å². The maximum atomic E-state index is 4.02. The van der Waals surface area contributed by atoms with Crippen LogP contribution in [0, 0.1) is 12.8 Å². The van der Waals surface area contributed by atoms with Crippen molar-refractivity contribution in [2.75, 3.05) is 19.6 Å². The molecular formula is C15H30N. The third-order valence-corrected chi connectivity index (χ3v) is 3.94. The van der Waals surface area contributed by atoms with E-state index in [2.05, 4.69) is 18.7 Å². The van der Waals surface area contributed by atoms with Crippen LogP contribution < -0.4 is 0 Å². The SMILES string of the molecule is [CH2]CC1CCN(CCCCCCCC)CC1. The van der Waals surface area contributed by atoms with Gasteiger partial charge in [-0.1, -0.05) is 52.4 Å². The van der Waals surface area contributed by atoms with Crippen LogP contribution in [-0.4, -0.2) is 24.5 Å². The lowest BCUT2D eigenvalue weighted by Crippen LogP contribution is -2.34. The lowest BCUT2D eigenvalue weighted by atomic mass is 9.94. The molecule has 0 N–H and O–H groups in total. The van der Waals surface area contributed by atoms with Gasteiger partial charge in [0.2, 0.25) is 0 Å². The Kier molecular flexibility index (Phi) is 7.92. The van der Waals surface area contributed by atoms with E-state index in [0.29, 0.717) is 0 Å². The maximum absolute atomic E-state index is 4.02. The number of likely N-dealkylation sites (tertiary alicyclic amines) is 1. The molecule has 95 valence electrons. The van der Waals surface area contributed by atoms with Crippen molar-refractivity contribution in [3.05, 3.63) is 6.92 Å². The van der Waals surface area contributed by atoms with Crippen LogP contribution in [0.2, 0.25) is 0 Å². The van der Waals surface area contributed by atoms with Crippen LogP contribution in [0.1, 0.15) is 64.7 Å². The highest BCUT2D eigenvalue weighted by atomic mass is 15.1. The molecule has 1 radical (unpaired) electrons. The van der Waals surface area contributed by atoms with E-state index < -0.39 is 0 Å². The van der Waals surface area contributed by atoms with E-state index in [1.807, 2.05) is 0 Å². The molecule has 0 aromatic carbocycles. The van der Waals surface area contributed by atoms with Gasteiger partial charge in [-0.2, -0.15) is 0 Å². The summed E-state index contributed by atoms with van der Waals surface area (Å²) in [4.78, 5) is 2.66. The van der Waals surface area contributed by atoms with Gasteiger partial charge in [0.15, 0.2) is 0 Å². The van der Waals surface area contributed by atoms with Gasteiger partial charge in [0.25, 0.3) is 0 Å². The van der Waals surface area contributed by atoms with Gasteiger partial charge >= 0.3 is 0 Å². The molecule has 0 aliphatic carbocycles. The highest BCUT2D eigenvalue weighted by molar-refractivity contribution is 4.72. The molecule has 0 saturated carbocycles. The monoisotopic (exact) mass is 224 g/mol. The van der Waals surface area contributed by atoms with Crippen molar-refractivity contribution in [3.8, 4) is 0 Å². The Morgan fingerprint density at radius 3 is 2.25 bits per heavy atom. The van der Waals surface area contributed by atoms with Crippen LogP contribution in [0.5, 0.6) is 0 Å². The summed E-state index contributed by atoms with van der Waals surface area (Å²) in [7, 11) is 0. The van der Waals surface area contributed by atoms with Gasteiger partial charge in [-0.05, 0) is 44.8 Å². The van der Waals surface area contributed by atoms with E-state index >= 15 is 0 Å². The molecule has 1 heteroatoms. The standard InChI is InChI=1S/C15H30N/c1-3-5-6-7-8-9-12-16-13-10-15(4-2)11-14-16/h15H,2-14H2,1H3. The van der Waals surface area contributed by atoms with E-state index in [-0.39, 0.29) is 0 Å². The van der Waals surface area contributed by atoms with Crippen LogP contribution in [0.4, 0.5) is 0 Å². The summed E-state index contributed by atoms with van der Waals surface area (Å²) >= 11 is 0. The van der Waals surface area contributed by atoms with E-state index in [9.17, 15) is 0 Å². The predicted molar refractivity (Wildman–Crippen MR) is 72.5 cm³/mol. The van der Waals surface area contributed by atoms with Gasteiger partial charge in [0.05, 0.1) is 0 Å². The summed E-state index contributed by atoms with van der Waals surface area (Å²) in [6.07, 6.45) is 12.5. The van der Waals surface area contributed by atoms with Gasteiger partial charge in [-0.15, -0.1) is 0 Å². The quantitative estimate of drug-likeness (QED) is 0.556. The van der Waals surface area contributed by atoms with Crippen molar-refractivity contribution >= 4 is 0 Å². The van der Waals surface area contributed by atoms with Crippen LogP contribution in [0.25, 0.3) is 0 Å². The van der Waals surface area contributed by atoms with Crippen LogP contribution in [0.15, 0.2) is 0 Å². The zero-order valence-corrected chi connectivity index (χ0v) is 11.2. The molecule has 0 spiro atoms. The molecule has 0 amide bonds. The molecule has 1 aliphatic rings. The summed E-state index contributed by atoms with van der Waals surface area (Å²) in [6.45, 7) is 10.3. The van der Waals surface area contributed by atoms with Crippen LogP contribution >= 0.6 is 0 Å². The molecule has 1 heterocycles. The van der Waals surface area contributed by atoms with Crippen molar-refractivity contribution in [1.29, 1.82) is 0 Å². The highest BCUT2D eigenvalue weighted by Gasteiger charge is 2.16. The molecule has 1 aliphatic heterocycles. The number of nitrogens with zero attached hydrogens (tertiary/aromatic N) is 1. The van der Waals surface area contributed by atoms with Crippen molar-refractivity contribution in [1.82, 2.24) is 4.90 Å². The first-order chi connectivity index (χ1) is 7.86. The van der Waals surface area contributed by atoms with Gasteiger partial charge in [0, 0.05) is 0 Å². The third-order valence-electron chi connectivity index (χ3n) is 3.94. The average molecular weight is 224 g/mol. The fourth-order valence-electron chi connectivity index (χ4n) is 2.61. The van der Waals surface area contributed by atoms with Crippen molar-refractivity contribution < 1.29 is 0 Å². The zero-order chi connectivity index (χ0) is 11.6. The fourth-order valence-corrected chi connectivity index (χ4v) is 2.61. The number of unbranched alkanes of at least 4 members (excludes halogenated alkanes) is 5. The smallest absolute Gasteiger partial charge is 0.00161 e. The van der Waals surface area contributed by atoms with Gasteiger partial charge < -0.3 is 4.90 Å². The Labute approximate surface area is 103 Å². The normalized spacial score (nSPS) is 19.1. The molecule has 1 nitrogen and oxygen atoms in total. The Hall–Kier alpha value is -0.0400. The largest absolute Gasteiger partial charge is 0.303 e. The summed E-state index contributed by atoms with van der Waals surface area (Å²) in [5, 5.41) is 0. The summed E-state index contributed by atoms with van der Waals surface area (Å²) in [6, 6.07) is 0. The predicted octanol–water partition coefficient (Wildman–Crippen LogP) is 4.28. The molecule has 0 bridgehead atoms. The first kappa shape index (κ1) is 14.0. The summed E-state index contributed by atoms with van der Waals surface area (Å²) in [5.41, 5.74) is 0. The maximum Gasteiger partial charge on any atom is -0.00161 e. The minimum atomic E-state index is 0.917. The molecular weight excluding hydrogens is 194 g/mol. The first-order valence-electron chi connectivity index (χ1n) is 7.38. The molecule has 1 saturated heterocycles. The zero-order valence-electron chi connectivity index (χ0n) is 11.2. The van der Waals surface area contributed by atoms with E-state index in [1.54, 1.807) is 0 Å². The molecule has 0 aromatic rings. The Morgan fingerprint density at radius 1 is 1.00 bits per heavy atom. The second-order valence-electron chi connectivity index (χ2n) is 5.34. The van der Waals surface area contributed by atoms with Crippen molar-refractivity contribution in [3.63, 3.8) is 0 Å². The average Bonchev–Trinajstić information content (AvgIpc) is 2.34. The minimum absolute atomic E-state index is 0.917. The summed E-state index contributed by atoms with van der Waals surface area (Å²) < 4.78 is 0. The lowest BCUT2D eigenvalue weighted by Gasteiger charge is -2.31. The number of piperidine rings is 1. The Bertz CT molecular complexity index is 148. The van der Waals surface area contributed by atoms with Gasteiger partial charge in [-0.25, -0.2) is 0 Å². The Morgan fingerprint density at radius 2 is 1.62 bits per heavy atom. The van der Waals surface area contributed by atoms with Crippen LogP contribution in [-0.2, 0) is 0 Å². The van der Waals surface area contributed by atoms with Crippen molar-refractivity contribution in [2.24, 2.45) is 5.92 Å². The topological polar surface area (TPSA) is 3.24 Å². The Balaban J connectivity index is 1.90. The van der Waals surface area contributed by atoms with Crippen molar-refractivity contribution in [2.45, 2.75) is 64.7 Å². The second kappa shape index (κ2) is 9.04. The fraction of sp³-hybridized carbons (Fsp3) is 0.933. The number of hydrogen-bond acceptors (Lipinski definition) is 1. The highest BCUT2D eigenvalue weighted by Crippen LogP contribution is 2.20. The molecule has 16 heavy (non-hydrogen) atoms. The molecule has 1 fully saturated rings. The molecule has 0 unspecified atom stereocenters.